The van der Waals surface area contributed by atoms with Gasteiger partial charge in [0.25, 0.3) is 0 Å². The molecule has 1 aliphatic carbocycles. The molecule has 254 valence electrons. The van der Waals surface area contributed by atoms with Crippen LogP contribution >= 0.6 is 0 Å². The van der Waals surface area contributed by atoms with Crippen LogP contribution in [0.1, 0.15) is 79.2 Å². The van der Waals surface area contributed by atoms with Gasteiger partial charge in [-0.15, -0.1) is 0 Å². The van der Waals surface area contributed by atoms with Crippen LogP contribution < -0.4 is 51.0 Å². The van der Waals surface area contributed by atoms with Crippen LogP contribution in [0.5, 0.6) is 0 Å². The number of carbonyl (C=O) groups is 3. The molecule has 12 heteroatoms. The Kier molecular flexibility index (Phi) is 38.8. The molecule has 0 aromatic heterocycles. The molecule has 1 fully saturated rings. The summed E-state index contributed by atoms with van der Waals surface area (Å²) in [5.41, 5.74) is 8.10. The number of hydrogen-bond donors (Lipinski definition) is 5. The van der Waals surface area contributed by atoms with Gasteiger partial charge in [-0.25, -0.2) is 0 Å². The summed E-state index contributed by atoms with van der Waals surface area (Å²) in [6.45, 7) is 16.7. The number of ketones is 1. The molecule has 6 N–H and O–H groups in total. The van der Waals surface area contributed by atoms with Crippen molar-refractivity contribution in [3.05, 3.63) is 59.8 Å². The minimum atomic E-state index is -0.699. The van der Waals surface area contributed by atoms with E-state index in [1.165, 1.54) is 18.9 Å². The minimum absolute atomic E-state index is 0. The van der Waals surface area contributed by atoms with E-state index in [0.717, 1.165) is 31.4 Å². The summed E-state index contributed by atoms with van der Waals surface area (Å²) >= 11 is 0. The fraction of sp³-hybridized carbons (Fsp3) is 0.606. The van der Waals surface area contributed by atoms with Crippen molar-refractivity contribution in [3.63, 3.8) is 0 Å². The van der Waals surface area contributed by atoms with Gasteiger partial charge in [-0.3, -0.25) is 4.79 Å². The summed E-state index contributed by atoms with van der Waals surface area (Å²) in [5, 5.41) is 34.6. The van der Waals surface area contributed by atoms with Gasteiger partial charge < -0.3 is 50.7 Å². The summed E-state index contributed by atoms with van der Waals surface area (Å²) in [6, 6.07) is 9.74. The summed E-state index contributed by atoms with van der Waals surface area (Å²) in [6.07, 6.45) is 4.20. The van der Waals surface area contributed by atoms with Crippen molar-refractivity contribution in [1.82, 2.24) is 10.6 Å². The van der Waals surface area contributed by atoms with E-state index < -0.39 is 31.1 Å². The second-order valence-electron chi connectivity index (χ2n) is 9.30. The van der Waals surface area contributed by atoms with Crippen LogP contribution in [-0.2, 0) is 30.4 Å². The Labute approximate surface area is 293 Å². The largest absolute Gasteiger partial charge is 1.00 e. The molecule has 2 aliphatic rings. The van der Waals surface area contributed by atoms with E-state index in [2.05, 4.69) is 38.0 Å². The number of nitrogens with one attached hydrogen (secondary N) is 2. The van der Waals surface area contributed by atoms with Gasteiger partial charge in [-0.1, -0.05) is 84.4 Å². The molecule has 0 amide bonds. The van der Waals surface area contributed by atoms with Gasteiger partial charge in [0.2, 0.25) is 0 Å². The maximum atomic E-state index is 10.8. The van der Waals surface area contributed by atoms with Crippen molar-refractivity contribution < 1.29 is 68.7 Å². The van der Waals surface area contributed by atoms with Crippen molar-refractivity contribution in [3.8, 4) is 0 Å². The van der Waals surface area contributed by atoms with E-state index in [0.29, 0.717) is 31.6 Å². The molecule has 1 aromatic carbocycles. The van der Waals surface area contributed by atoms with Crippen molar-refractivity contribution >= 4 is 18.5 Å². The standard InChI is InChI=1S/C13H28N2O4.C12H11NO.C3H8.C2H4O.C2H6.CH2O2.Na/c1-3-4-7-18-11-8-10(17)12(15-2)13(19-11)9(16)5-6-14;1-9-11(7-12(9)14)13-8-10-5-3-2-4-6-10;1-3-2;1-2-3;1-2;2-1-3;/h9-13,15-17H,3-8,14H2,1-2H3;2-7,13H,1,8H2;3H2,1-2H3;2H,1H3;1-2H3;1H,(H,2,3);/q;;;;;;+1/p-1/t9?,10?,11?,12-,13?;;;;;;/m1....../s1. The number of aliphatic hydroxyl groups excluding tert-OH is 2. The number of unbranched alkanes of at least 4 members (excludes halogenated alkanes) is 1. The van der Waals surface area contributed by atoms with Crippen molar-refractivity contribution in [1.29, 1.82) is 0 Å². The number of carboxylic acid groups (broad SMARTS) is 1. The Morgan fingerprint density at radius 2 is 1.73 bits per heavy atom. The first-order valence-electron chi connectivity index (χ1n) is 15.3. The van der Waals surface area contributed by atoms with Gasteiger partial charge in [0.05, 0.1) is 18.2 Å². The number of ether oxygens (including phenoxy) is 2. The van der Waals surface area contributed by atoms with E-state index in [-0.39, 0.29) is 41.4 Å². The van der Waals surface area contributed by atoms with Gasteiger partial charge >= 0.3 is 29.6 Å². The average molecular weight is 648 g/mol. The van der Waals surface area contributed by atoms with Gasteiger partial charge in [-0.05, 0) is 38.9 Å². The number of aliphatic hydroxyl groups is 2. The van der Waals surface area contributed by atoms with E-state index in [1.54, 1.807) is 13.1 Å². The number of allylic oxidation sites excluding steroid dienone is 2. The second kappa shape index (κ2) is 34.9. The van der Waals surface area contributed by atoms with Crippen LogP contribution in [0.3, 0.4) is 0 Å². The van der Waals surface area contributed by atoms with E-state index in [4.69, 9.17) is 29.9 Å². The number of benzene rings is 1. The Balaban J connectivity index is -0.000000283. The zero-order chi connectivity index (χ0) is 34.3. The van der Waals surface area contributed by atoms with Crippen molar-refractivity contribution in [2.45, 2.75) is 111 Å². The zero-order valence-corrected chi connectivity index (χ0v) is 30.8. The van der Waals surface area contributed by atoms with Gasteiger partial charge in [0.1, 0.15) is 12.4 Å². The Morgan fingerprint density at radius 1 is 1.20 bits per heavy atom. The fourth-order valence-electron chi connectivity index (χ4n) is 3.68. The number of hydrogen-bond acceptors (Lipinski definition) is 11. The third kappa shape index (κ3) is 24.0. The molecule has 5 atom stereocenters. The SMILES string of the molecule is C=C1C(=O)C=C1NCc1ccccc1.CC.CC=O.CCC.CCCCOC1CC(O)[C@@H](NC)C(C(O)CCN)O1.O=C[O-].[Na+]. The first-order chi connectivity index (χ1) is 21.1. The van der Waals surface area contributed by atoms with Crippen LogP contribution in [0.2, 0.25) is 0 Å². The predicted octanol–water partition coefficient (Wildman–Crippen LogP) is -0.606. The van der Waals surface area contributed by atoms with Crippen molar-refractivity contribution in [2.75, 3.05) is 20.2 Å². The smallest absolute Gasteiger partial charge is 0.554 e. The molecule has 1 saturated heterocycles. The summed E-state index contributed by atoms with van der Waals surface area (Å²) in [7, 11) is 1.75. The summed E-state index contributed by atoms with van der Waals surface area (Å²) in [5.74, 6) is 0.0283. The monoisotopic (exact) mass is 647 g/mol. The van der Waals surface area contributed by atoms with Crippen LogP contribution in [-0.4, -0.2) is 79.6 Å². The predicted molar refractivity (Wildman–Crippen MR) is 173 cm³/mol. The van der Waals surface area contributed by atoms with Gasteiger partial charge in [0.15, 0.2) is 12.1 Å². The molecule has 1 aliphatic heterocycles. The normalized spacial score (nSPS) is 19.7. The quantitative estimate of drug-likeness (QED) is 0.0894. The summed E-state index contributed by atoms with van der Waals surface area (Å²) in [4.78, 5) is 27.9. The molecule has 1 heterocycles. The number of nitrogens with two attached hydrogens (primary N) is 1. The van der Waals surface area contributed by atoms with Gasteiger partial charge in [0, 0.05) is 43.4 Å². The third-order valence-corrected chi connectivity index (χ3v) is 5.71. The second-order valence-corrected chi connectivity index (χ2v) is 9.30. The Morgan fingerprint density at radius 3 is 2.16 bits per heavy atom. The Bertz CT molecular complexity index is 884. The number of rotatable bonds is 11. The molecular weight excluding hydrogens is 589 g/mol. The molecule has 45 heavy (non-hydrogen) atoms. The van der Waals surface area contributed by atoms with E-state index in [9.17, 15) is 15.0 Å². The van der Waals surface area contributed by atoms with Crippen LogP contribution in [0.25, 0.3) is 0 Å². The van der Waals surface area contributed by atoms with Gasteiger partial charge in [-0.2, -0.15) is 0 Å². The molecule has 4 unspecified atom stereocenters. The van der Waals surface area contributed by atoms with Crippen molar-refractivity contribution in [2.24, 2.45) is 5.73 Å². The van der Waals surface area contributed by atoms with E-state index in [1.807, 2.05) is 44.2 Å². The maximum absolute atomic E-state index is 10.8. The maximum Gasteiger partial charge on any atom is 1.00 e. The first kappa shape index (κ1) is 49.9. The molecule has 0 bridgehead atoms. The summed E-state index contributed by atoms with van der Waals surface area (Å²) < 4.78 is 11.4. The molecule has 0 radical (unpaired) electrons. The average Bonchev–Trinajstić information content (AvgIpc) is 3.02. The molecule has 11 nitrogen and oxygen atoms in total. The zero-order valence-electron chi connectivity index (χ0n) is 28.8. The molecular formula is C33H58N3NaO8. The van der Waals surface area contributed by atoms with Crippen LogP contribution in [0, 0.1) is 0 Å². The Hall–Kier alpha value is -1.93. The number of carbonyl (C=O) groups excluding carboxylic acids is 3. The van der Waals surface area contributed by atoms with Crippen LogP contribution in [0.15, 0.2) is 54.3 Å². The topological polar surface area (TPSA) is 183 Å². The molecule has 1 aromatic rings. The molecule has 0 saturated carbocycles. The molecule has 3 rings (SSSR count). The van der Waals surface area contributed by atoms with Crippen LogP contribution in [0.4, 0.5) is 0 Å². The van der Waals surface area contributed by atoms with E-state index >= 15 is 0 Å². The minimum Gasteiger partial charge on any atom is -0.554 e. The first-order valence-corrected chi connectivity index (χ1v) is 15.3. The number of likely N-dealkylation sites (N-methyl/N-ethyl adjacent to an activating group) is 1. The third-order valence-electron chi connectivity index (χ3n) is 5.71. The number of aldehydes is 1. The molecule has 0 spiro atoms. The fourth-order valence-corrected chi connectivity index (χ4v) is 3.68.